The summed E-state index contributed by atoms with van der Waals surface area (Å²) in [4.78, 5) is 34.0. The highest BCUT2D eigenvalue weighted by atomic mass is 35.5. The average molecular weight is 425 g/mol. The largest absolute Gasteiger partial charge is 0.346 e. The number of benzene rings is 1. The molecule has 3 aromatic rings. The van der Waals surface area contributed by atoms with Crippen molar-refractivity contribution in [3.8, 4) is 0 Å². The van der Waals surface area contributed by atoms with Crippen molar-refractivity contribution in [2.75, 3.05) is 6.54 Å². The second-order valence-corrected chi connectivity index (χ2v) is 8.22. The summed E-state index contributed by atoms with van der Waals surface area (Å²) in [5.41, 5.74) is 3.77. The van der Waals surface area contributed by atoms with E-state index in [1.54, 1.807) is 29.2 Å². The Morgan fingerprint density at radius 1 is 1.33 bits per heavy atom. The zero-order chi connectivity index (χ0) is 21.4. The molecule has 0 aliphatic heterocycles. The molecule has 0 spiro atoms. The molecule has 2 aromatic heterocycles. The summed E-state index contributed by atoms with van der Waals surface area (Å²) in [7, 11) is 0. The molecule has 0 unspecified atom stereocenters. The smallest absolute Gasteiger partial charge is 0.258 e. The Kier molecular flexibility index (Phi) is 5.52. The molecule has 1 saturated carbocycles. The lowest BCUT2D eigenvalue weighted by molar-refractivity contribution is -0.126. The second kappa shape index (κ2) is 8.11. The van der Waals surface area contributed by atoms with Crippen LogP contribution in [0.25, 0.3) is 17.0 Å². The molecule has 1 aliphatic rings. The maximum absolute atomic E-state index is 12.8. The van der Waals surface area contributed by atoms with Crippen LogP contribution in [0.4, 0.5) is 0 Å². The number of halogens is 1. The molecule has 0 radical (unpaired) electrons. The van der Waals surface area contributed by atoms with Crippen molar-refractivity contribution in [3.63, 3.8) is 0 Å². The monoisotopic (exact) mass is 424 g/mol. The number of amides is 1. The van der Waals surface area contributed by atoms with Gasteiger partial charge in [0.05, 0.1) is 17.4 Å². The molecule has 0 atom stereocenters. The van der Waals surface area contributed by atoms with Crippen LogP contribution in [0.5, 0.6) is 0 Å². The zero-order valence-corrected chi connectivity index (χ0v) is 18.2. The minimum Gasteiger partial charge on any atom is -0.346 e. The molecule has 0 saturated heterocycles. The van der Waals surface area contributed by atoms with E-state index in [0.29, 0.717) is 34.3 Å². The van der Waals surface area contributed by atoms with Gasteiger partial charge >= 0.3 is 0 Å². The maximum Gasteiger partial charge on any atom is 0.258 e. The summed E-state index contributed by atoms with van der Waals surface area (Å²) in [6.45, 7) is 6.83. The van der Waals surface area contributed by atoms with Crippen LogP contribution in [-0.4, -0.2) is 31.9 Å². The van der Waals surface area contributed by atoms with E-state index >= 15 is 0 Å². The first kappa shape index (κ1) is 20.4. The van der Waals surface area contributed by atoms with Gasteiger partial charge in [0, 0.05) is 35.1 Å². The Labute approximate surface area is 180 Å². The third-order valence-corrected chi connectivity index (χ3v) is 5.83. The fraction of sp³-hybridized carbons (Fsp3) is 0.348. The number of hydrogen-bond donors (Lipinski definition) is 1. The molecule has 1 amide bonds. The summed E-state index contributed by atoms with van der Waals surface area (Å²) in [5, 5.41) is 0.991. The molecule has 1 aliphatic carbocycles. The number of H-pyrrole nitrogens is 1. The number of rotatable bonds is 6. The van der Waals surface area contributed by atoms with Gasteiger partial charge in [0.25, 0.3) is 5.56 Å². The van der Waals surface area contributed by atoms with Gasteiger partial charge in [0.15, 0.2) is 0 Å². The van der Waals surface area contributed by atoms with Gasteiger partial charge in [-0.15, -0.1) is 0 Å². The molecular formula is C23H25ClN4O2. The van der Waals surface area contributed by atoms with Gasteiger partial charge < -0.3 is 14.5 Å². The Balaban J connectivity index is 1.53. The minimum atomic E-state index is -0.238. The number of nitrogens with one attached hydrogen (secondary N) is 1. The van der Waals surface area contributed by atoms with E-state index in [-0.39, 0.29) is 18.0 Å². The van der Waals surface area contributed by atoms with Crippen LogP contribution in [0.3, 0.4) is 0 Å². The van der Waals surface area contributed by atoms with Gasteiger partial charge in [0.1, 0.15) is 5.82 Å². The first-order chi connectivity index (χ1) is 14.4. The topological polar surface area (TPSA) is 71.0 Å². The molecule has 1 fully saturated rings. The summed E-state index contributed by atoms with van der Waals surface area (Å²) >= 11 is 6.03. The Bertz CT molecular complexity index is 1200. The number of carbonyl (C=O) groups is 1. The molecule has 6 nitrogen and oxygen atoms in total. The summed E-state index contributed by atoms with van der Waals surface area (Å²) < 4.78 is 2.36. The molecule has 4 rings (SSSR count). The number of carbonyl (C=O) groups excluding carboxylic acids is 1. The van der Waals surface area contributed by atoms with E-state index in [9.17, 15) is 9.59 Å². The van der Waals surface area contributed by atoms with Gasteiger partial charge in [-0.3, -0.25) is 9.59 Å². The van der Waals surface area contributed by atoms with Crippen molar-refractivity contribution in [2.24, 2.45) is 0 Å². The summed E-state index contributed by atoms with van der Waals surface area (Å²) in [6, 6.07) is 7.70. The third-order valence-electron chi connectivity index (χ3n) is 5.59. The first-order valence-electron chi connectivity index (χ1n) is 10.2. The molecule has 1 aromatic carbocycles. The Morgan fingerprint density at radius 3 is 2.80 bits per heavy atom. The van der Waals surface area contributed by atoms with Crippen LogP contribution < -0.4 is 5.56 Å². The van der Waals surface area contributed by atoms with Crippen molar-refractivity contribution >= 4 is 34.5 Å². The van der Waals surface area contributed by atoms with E-state index in [1.165, 1.54) is 24.2 Å². The van der Waals surface area contributed by atoms with Crippen molar-refractivity contribution < 1.29 is 4.79 Å². The third kappa shape index (κ3) is 4.05. The number of nitrogens with zero attached hydrogens (tertiary/aromatic N) is 3. The number of likely N-dealkylation sites (N-methyl/N-ethyl adjacent to an activating group) is 1. The number of aromatic nitrogens is 3. The van der Waals surface area contributed by atoms with Gasteiger partial charge in [-0.1, -0.05) is 11.6 Å². The predicted octanol–water partition coefficient (Wildman–Crippen LogP) is 4.39. The SMILES string of the molecule is CCN(Cc1nc2cc(Cl)ccc2c(=O)[nH]1)C(=O)/C=C/c1cc(C)n(C2CC2)c1C. The van der Waals surface area contributed by atoms with Gasteiger partial charge in [-0.2, -0.15) is 0 Å². The van der Waals surface area contributed by atoms with Crippen molar-refractivity contribution in [3.05, 3.63) is 68.5 Å². The molecule has 1 N–H and O–H groups in total. The van der Waals surface area contributed by atoms with E-state index in [1.807, 2.05) is 13.0 Å². The highest BCUT2D eigenvalue weighted by Gasteiger charge is 2.26. The van der Waals surface area contributed by atoms with Gasteiger partial charge in [-0.25, -0.2) is 4.98 Å². The van der Waals surface area contributed by atoms with Crippen LogP contribution >= 0.6 is 11.6 Å². The van der Waals surface area contributed by atoms with Crippen molar-refractivity contribution in [2.45, 2.75) is 46.2 Å². The van der Waals surface area contributed by atoms with Crippen LogP contribution in [-0.2, 0) is 11.3 Å². The summed E-state index contributed by atoms with van der Waals surface area (Å²) in [6.07, 6.45) is 5.93. The van der Waals surface area contributed by atoms with Crippen molar-refractivity contribution in [1.82, 2.24) is 19.4 Å². The molecule has 156 valence electrons. The molecule has 0 bridgehead atoms. The predicted molar refractivity (Wildman–Crippen MR) is 120 cm³/mol. The molecule has 7 heteroatoms. The maximum atomic E-state index is 12.8. The first-order valence-corrected chi connectivity index (χ1v) is 10.6. The Hall–Kier alpha value is -2.86. The average Bonchev–Trinajstić information content (AvgIpc) is 3.49. The lowest BCUT2D eigenvalue weighted by Gasteiger charge is -2.18. The quantitative estimate of drug-likeness (QED) is 0.596. The van der Waals surface area contributed by atoms with E-state index in [4.69, 9.17) is 11.6 Å². The summed E-state index contributed by atoms with van der Waals surface area (Å²) in [5.74, 6) is 0.313. The van der Waals surface area contributed by atoms with E-state index < -0.39 is 0 Å². The zero-order valence-electron chi connectivity index (χ0n) is 17.4. The lowest BCUT2D eigenvalue weighted by atomic mass is 10.2. The number of fused-ring (bicyclic) bond motifs is 1. The number of hydrogen-bond acceptors (Lipinski definition) is 3. The minimum absolute atomic E-state index is 0.123. The highest BCUT2D eigenvalue weighted by molar-refractivity contribution is 6.31. The second-order valence-electron chi connectivity index (χ2n) is 7.79. The van der Waals surface area contributed by atoms with E-state index in [2.05, 4.69) is 34.4 Å². The fourth-order valence-electron chi connectivity index (χ4n) is 3.89. The standard InChI is InChI=1S/C23H25ClN4O2/c1-4-27(13-21-25-20-12-17(24)6-9-19(20)23(30)26-21)22(29)10-5-16-11-14(2)28(15(16)3)18-7-8-18/h5-6,9-12,18H,4,7-8,13H2,1-3H3,(H,25,26,30)/b10-5+. The Morgan fingerprint density at radius 2 is 2.10 bits per heavy atom. The van der Waals surface area contributed by atoms with Crippen LogP contribution in [0, 0.1) is 13.8 Å². The lowest BCUT2D eigenvalue weighted by Crippen LogP contribution is -2.30. The molecular weight excluding hydrogens is 400 g/mol. The van der Waals surface area contributed by atoms with Gasteiger partial charge in [-0.05, 0) is 69.5 Å². The molecule has 30 heavy (non-hydrogen) atoms. The normalized spacial score (nSPS) is 14.0. The van der Waals surface area contributed by atoms with Crippen LogP contribution in [0.2, 0.25) is 5.02 Å². The number of aryl methyl sites for hydroxylation is 1. The van der Waals surface area contributed by atoms with Crippen molar-refractivity contribution in [1.29, 1.82) is 0 Å². The van der Waals surface area contributed by atoms with E-state index in [0.717, 1.165) is 5.56 Å². The van der Waals surface area contributed by atoms with Gasteiger partial charge in [0.2, 0.25) is 5.91 Å². The molecule has 2 heterocycles. The van der Waals surface area contributed by atoms with Crippen LogP contribution in [0.15, 0.2) is 35.1 Å². The number of aromatic amines is 1. The fourth-order valence-corrected chi connectivity index (χ4v) is 4.06. The highest BCUT2D eigenvalue weighted by Crippen LogP contribution is 2.38. The van der Waals surface area contributed by atoms with Crippen LogP contribution in [0.1, 0.15) is 48.6 Å².